The van der Waals surface area contributed by atoms with E-state index >= 15 is 0 Å². The summed E-state index contributed by atoms with van der Waals surface area (Å²) in [5.41, 5.74) is 7.92. The van der Waals surface area contributed by atoms with Crippen molar-refractivity contribution in [1.29, 1.82) is 0 Å². The van der Waals surface area contributed by atoms with Gasteiger partial charge in [0.25, 0.3) is 0 Å². The second-order valence-electron chi connectivity index (χ2n) is 15.7. The molecular weight excluding hydrogens is 532 g/mol. The molecule has 0 aromatic heterocycles. The summed E-state index contributed by atoms with van der Waals surface area (Å²) in [4.78, 5) is 0. The fraction of sp³-hybridized carbons (Fsp3) is 0.692. The van der Waals surface area contributed by atoms with E-state index < -0.39 is 0 Å². The van der Waals surface area contributed by atoms with Crippen molar-refractivity contribution >= 4 is 0 Å². The summed E-state index contributed by atoms with van der Waals surface area (Å²) >= 11 is 0. The summed E-state index contributed by atoms with van der Waals surface area (Å²) in [7, 11) is 0. The maximum absolute atomic E-state index is 6.65. The Balaban J connectivity index is 1.89. The van der Waals surface area contributed by atoms with Crippen molar-refractivity contribution in [3.8, 4) is 11.5 Å². The number of hydrogen-bond donors (Lipinski definition) is 0. The first-order valence-electron chi connectivity index (χ1n) is 16.9. The van der Waals surface area contributed by atoms with Crippen molar-refractivity contribution in [3.05, 3.63) is 57.6 Å². The second-order valence-corrected chi connectivity index (χ2v) is 15.7. The van der Waals surface area contributed by atoms with Gasteiger partial charge in [0, 0.05) is 22.3 Å². The maximum Gasteiger partial charge on any atom is 0.126 e. The largest absolute Gasteiger partial charge is 0.490 e. The zero-order valence-corrected chi connectivity index (χ0v) is 29.5. The highest BCUT2D eigenvalue weighted by Gasteiger charge is 2.35. The molecule has 0 aliphatic carbocycles. The third-order valence-corrected chi connectivity index (χ3v) is 10.8. The highest BCUT2D eigenvalue weighted by molar-refractivity contribution is 5.55. The molecule has 2 aromatic carbocycles. The first-order valence-corrected chi connectivity index (χ1v) is 16.9. The van der Waals surface area contributed by atoms with Gasteiger partial charge in [-0.1, -0.05) is 107 Å². The van der Waals surface area contributed by atoms with E-state index in [0.717, 1.165) is 56.8 Å². The lowest BCUT2D eigenvalue weighted by Crippen LogP contribution is -2.25. The summed E-state index contributed by atoms with van der Waals surface area (Å²) in [6.45, 7) is 30.8. The Morgan fingerprint density at radius 1 is 0.535 bits per heavy atom. The number of rotatable bonds is 16. The van der Waals surface area contributed by atoms with Gasteiger partial charge in [-0.15, -0.1) is 0 Å². The summed E-state index contributed by atoms with van der Waals surface area (Å²) in [5.74, 6) is 2.15. The lowest BCUT2D eigenvalue weighted by molar-refractivity contribution is 0.250. The summed E-state index contributed by atoms with van der Waals surface area (Å²) in [6, 6.07) is 9.75. The zero-order valence-electron chi connectivity index (χ0n) is 29.5. The molecule has 43 heavy (non-hydrogen) atoms. The Morgan fingerprint density at radius 2 is 0.791 bits per heavy atom. The van der Waals surface area contributed by atoms with Crippen LogP contribution in [-0.4, -0.2) is 38.6 Å². The van der Waals surface area contributed by atoms with Crippen LogP contribution in [0.5, 0.6) is 11.5 Å². The predicted octanol–water partition coefficient (Wildman–Crippen LogP) is 9.58. The molecule has 2 atom stereocenters. The number of epoxide rings is 2. The molecule has 2 aromatic rings. The van der Waals surface area contributed by atoms with Gasteiger partial charge in [-0.3, -0.25) is 0 Å². The van der Waals surface area contributed by atoms with Crippen molar-refractivity contribution < 1.29 is 18.9 Å². The molecule has 4 nitrogen and oxygen atoms in total. The van der Waals surface area contributed by atoms with E-state index in [1.807, 2.05) is 0 Å². The van der Waals surface area contributed by atoms with Crippen LogP contribution in [0.1, 0.15) is 142 Å². The van der Waals surface area contributed by atoms with Crippen LogP contribution in [0.15, 0.2) is 24.3 Å². The summed E-state index contributed by atoms with van der Waals surface area (Å²) < 4.78 is 24.4. The van der Waals surface area contributed by atoms with Crippen LogP contribution in [0.4, 0.5) is 0 Å². The van der Waals surface area contributed by atoms with Gasteiger partial charge in [0.1, 0.15) is 36.9 Å². The molecule has 2 fully saturated rings. The Kier molecular flexibility index (Phi) is 10.0. The van der Waals surface area contributed by atoms with Crippen molar-refractivity contribution in [2.75, 3.05) is 26.4 Å². The predicted molar refractivity (Wildman–Crippen MR) is 179 cm³/mol. The van der Waals surface area contributed by atoms with E-state index in [4.69, 9.17) is 18.9 Å². The number of hydrogen-bond acceptors (Lipinski definition) is 4. The van der Waals surface area contributed by atoms with Crippen LogP contribution < -0.4 is 9.47 Å². The van der Waals surface area contributed by atoms with Crippen LogP contribution in [-0.2, 0) is 37.6 Å². The minimum absolute atomic E-state index is 0.0123. The van der Waals surface area contributed by atoms with E-state index in [1.54, 1.807) is 0 Å². The SMILES string of the molecule is CCC(C)(C)c1cc(Cc2cc(C(C)(C)CC)c(OCC3CO3)c(C(C)(C)CC)c2)cc(C(C)(C)CC)c1OCC1CO1. The smallest absolute Gasteiger partial charge is 0.126 e. The Hall–Kier alpha value is -2.04. The fourth-order valence-electron chi connectivity index (χ4n) is 5.58. The van der Waals surface area contributed by atoms with Gasteiger partial charge >= 0.3 is 0 Å². The lowest BCUT2D eigenvalue weighted by atomic mass is 9.73. The third kappa shape index (κ3) is 7.79. The van der Waals surface area contributed by atoms with E-state index in [1.165, 1.54) is 33.4 Å². The van der Waals surface area contributed by atoms with Gasteiger partial charge in [-0.25, -0.2) is 0 Å². The van der Waals surface area contributed by atoms with Crippen molar-refractivity contribution in [2.24, 2.45) is 0 Å². The average molecular weight is 593 g/mol. The van der Waals surface area contributed by atoms with Crippen LogP contribution >= 0.6 is 0 Å². The molecule has 2 unspecified atom stereocenters. The molecule has 0 N–H and O–H groups in total. The Bertz CT molecular complexity index is 1090. The van der Waals surface area contributed by atoms with Gasteiger partial charge in [0.05, 0.1) is 13.2 Å². The molecule has 0 spiro atoms. The molecule has 2 saturated heterocycles. The van der Waals surface area contributed by atoms with E-state index in [2.05, 4.69) is 107 Å². The highest BCUT2D eigenvalue weighted by Crippen LogP contribution is 2.46. The van der Waals surface area contributed by atoms with Crippen LogP contribution in [0.2, 0.25) is 0 Å². The molecular formula is C39H60O4. The van der Waals surface area contributed by atoms with E-state index in [9.17, 15) is 0 Å². The van der Waals surface area contributed by atoms with E-state index in [-0.39, 0.29) is 33.9 Å². The minimum Gasteiger partial charge on any atom is -0.490 e. The fourth-order valence-corrected chi connectivity index (χ4v) is 5.58. The van der Waals surface area contributed by atoms with Crippen molar-refractivity contribution in [2.45, 2.75) is 149 Å². The molecule has 4 heteroatoms. The molecule has 2 aliphatic heterocycles. The zero-order chi connectivity index (χ0) is 31.8. The second kappa shape index (κ2) is 12.8. The molecule has 2 heterocycles. The minimum atomic E-state index is -0.0123. The maximum atomic E-state index is 6.65. The molecule has 4 rings (SSSR count). The van der Waals surface area contributed by atoms with Crippen LogP contribution in [0, 0.1) is 0 Å². The lowest BCUT2D eigenvalue weighted by Gasteiger charge is -2.34. The monoisotopic (exact) mass is 592 g/mol. The standard InChI is InChI=1S/C39H60O4/c1-13-36(5,6)30-18-26(19-31(37(7,8)14-2)34(30)42-24-28-22-40-28)17-27-20-32(38(9,10)15-3)35(43-25-29-23-41-29)33(21-27)39(11,12)16-4/h18-21,28-29H,13-17,22-25H2,1-12H3. The molecule has 0 radical (unpaired) electrons. The molecule has 2 aliphatic rings. The van der Waals surface area contributed by atoms with Gasteiger partial charge < -0.3 is 18.9 Å². The Morgan fingerprint density at radius 3 is 1.00 bits per heavy atom. The quantitative estimate of drug-likeness (QED) is 0.182. The molecule has 0 bridgehead atoms. The topological polar surface area (TPSA) is 43.5 Å². The number of ether oxygens (including phenoxy) is 4. The van der Waals surface area contributed by atoms with Crippen LogP contribution in [0.25, 0.3) is 0 Å². The van der Waals surface area contributed by atoms with Gasteiger partial charge in [0.2, 0.25) is 0 Å². The first-order chi connectivity index (χ1) is 20.1. The van der Waals surface area contributed by atoms with Gasteiger partial charge in [0.15, 0.2) is 0 Å². The normalized spacial score (nSPS) is 19.0. The summed E-state index contributed by atoms with van der Waals surface area (Å²) in [5, 5.41) is 0. The van der Waals surface area contributed by atoms with Gasteiger partial charge in [-0.2, -0.15) is 0 Å². The number of benzene rings is 2. The van der Waals surface area contributed by atoms with Gasteiger partial charge in [-0.05, 0) is 64.9 Å². The molecule has 240 valence electrons. The highest BCUT2D eigenvalue weighted by atomic mass is 16.6. The van der Waals surface area contributed by atoms with Crippen molar-refractivity contribution in [3.63, 3.8) is 0 Å². The van der Waals surface area contributed by atoms with E-state index in [0.29, 0.717) is 13.2 Å². The first kappa shape index (κ1) is 33.8. The average Bonchev–Trinajstić information content (AvgIpc) is 3.90. The third-order valence-electron chi connectivity index (χ3n) is 10.8. The molecule has 0 amide bonds. The Labute approximate surface area is 263 Å². The van der Waals surface area contributed by atoms with Crippen LogP contribution in [0.3, 0.4) is 0 Å². The summed E-state index contributed by atoms with van der Waals surface area (Å²) in [6.07, 6.45) is 5.49. The van der Waals surface area contributed by atoms with Crippen molar-refractivity contribution in [1.82, 2.24) is 0 Å². The molecule has 0 saturated carbocycles.